The minimum Gasteiger partial charge on any atom is -0.489 e. The van der Waals surface area contributed by atoms with Crippen molar-refractivity contribution in [2.45, 2.75) is 24.0 Å². The van der Waals surface area contributed by atoms with Gasteiger partial charge in [0.25, 0.3) is 0 Å². The molecule has 2 aliphatic rings. The summed E-state index contributed by atoms with van der Waals surface area (Å²) in [4.78, 5) is 16.3. The Bertz CT molecular complexity index is 1350. The number of imidazole rings is 1. The lowest BCUT2D eigenvalue weighted by molar-refractivity contribution is -0.389. The van der Waals surface area contributed by atoms with Crippen molar-refractivity contribution in [1.29, 1.82) is 0 Å². The van der Waals surface area contributed by atoms with Crippen molar-refractivity contribution in [2.24, 2.45) is 0 Å². The van der Waals surface area contributed by atoms with Gasteiger partial charge in [0.05, 0.1) is 11.4 Å². The second-order valence-electron chi connectivity index (χ2n) is 8.95. The van der Waals surface area contributed by atoms with Crippen molar-refractivity contribution in [2.75, 3.05) is 37.7 Å². The number of aromatic nitrogens is 2. The number of nitro groups is 1. The SMILES string of the molecule is C[C@]1(COc2ccc(N3CCN(S(=O)(=O)c4ccc(F)cc4)CC3)cc2)Cn2cc([N+](=O)[O-])nc2O1. The third kappa shape index (κ3) is 4.71. The summed E-state index contributed by atoms with van der Waals surface area (Å²) in [6.45, 7) is 4.13. The van der Waals surface area contributed by atoms with E-state index in [1.54, 1.807) is 4.57 Å². The predicted molar refractivity (Wildman–Crippen MR) is 127 cm³/mol. The lowest BCUT2D eigenvalue weighted by Crippen LogP contribution is -2.48. The fourth-order valence-electron chi connectivity index (χ4n) is 4.29. The molecule has 1 fully saturated rings. The molecular formula is C23H24FN5O6S. The van der Waals surface area contributed by atoms with Crippen LogP contribution in [0.5, 0.6) is 11.8 Å². The first-order valence-corrected chi connectivity index (χ1v) is 12.7. The molecule has 0 radical (unpaired) electrons. The number of hydrogen-bond acceptors (Lipinski definition) is 8. The number of rotatable bonds is 7. The van der Waals surface area contributed by atoms with Crippen LogP contribution < -0.4 is 14.4 Å². The van der Waals surface area contributed by atoms with Crippen LogP contribution in [0.15, 0.2) is 59.6 Å². The van der Waals surface area contributed by atoms with Crippen molar-refractivity contribution in [3.63, 3.8) is 0 Å². The Morgan fingerprint density at radius 1 is 1.11 bits per heavy atom. The van der Waals surface area contributed by atoms with Gasteiger partial charge in [0.2, 0.25) is 10.0 Å². The summed E-state index contributed by atoms with van der Waals surface area (Å²) in [6.07, 6.45) is 1.35. The minimum absolute atomic E-state index is 0.0838. The molecule has 1 atom stereocenters. The molecule has 1 aromatic heterocycles. The van der Waals surface area contributed by atoms with E-state index in [2.05, 4.69) is 9.88 Å². The maximum Gasteiger partial charge on any atom is 0.415 e. The molecule has 190 valence electrons. The monoisotopic (exact) mass is 517 g/mol. The number of hydrogen-bond donors (Lipinski definition) is 0. The van der Waals surface area contributed by atoms with Gasteiger partial charge in [-0.25, -0.2) is 12.8 Å². The van der Waals surface area contributed by atoms with E-state index in [0.29, 0.717) is 38.5 Å². The van der Waals surface area contributed by atoms with Gasteiger partial charge in [-0.05, 0) is 60.4 Å². The number of ether oxygens (including phenoxy) is 2. The topological polar surface area (TPSA) is 120 Å². The Kier molecular flexibility index (Phi) is 6.04. The molecular weight excluding hydrogens is 493 g/mol. The first-order valence-electron chi connectivity index (χ1n) is 11.3. The summed E-state index contributed by atoms with van der Waals surface area (Å²) in [5, 5.41) is 10.9. The van der Waals surface area contributed by atoms with Gasteiger partial charge in [0.15, 0.2) is 5.60 Å². The van der Waals surface area contributed by atoms with E-state index in [1.165, 1.54) is 22.6 Å². The summed E-state index contributed by atoms with van der Waals surface area (Å²) in [5.74, 6) is -0.0942. The average Bonchev–Trinajstić information content (AvgIpc) is 3.39. The van der Waals surface area contributed by atoms with Crippen LogP contribution >= 0.6 is 0 Å². The average molecular weight is 518 g/mol. The van der Waals surface area contributed by atoms with Gasteiger partial charge in [0.1, 0.15) is 24.4 Å². The Hall–Kier alpha value is -3.71. The van der Waals surface area contributed by atoms with Gasteiger partial charge in [0, 0.05) is 36.9 Å². The number of fused-ring (bicyclic) bond motifs is 1. The Morgan fingerprint density at radius 2 is 1.78 bits per heavy atom. The minimum atomic E-state index is -3.67. The summed E-state index contributed by atoms with van der Waals surface area (Å²) >= 11 is 0. The standard InChI is InChI=1S/C23H24FN5O6S/c1-23(15-27-14-21(29(30)31)25-22(27)35-23)16-34-19-6-4-18(5-7-19)26-10-12-28(13-11-26)36(32,33)20-8-2-17(24)3-9-20/h2-9,14H,10-13,15-16H2,1H3/t23-/m1/s1. The Labute approximate surface area is 206 Å². The molecule has 0 saturated carbocycles. The zero-order valence-electron chi connectivity index (χ0n) is 19.4. The van der Waals surface area contributed by atoms with Gasteiger partial charge in [-0.1, -0.05) is 0 Å². The van der Waals surface area contributed by atoms with Crippen LogP contribution in [0.4, 0.5) is 15.9 Å². The fourth-order valence-corrected chi connectivity index (χ4v) is 5.71. The molecule has 2 aliphatic heterocycles. The summed E-state index contributed by atoms with van der Waals surface area (Å²) < 4.78 is 53.5. The number of anilines is 1. The highest BCUT2D eigenvalue weighted by molar-refractivity contribution is 7.89. The molecule has 1 saturated heterocycles. The number of sulfonamides is 1. The lowest BCUT2D eigenvalue weighted by Gasteiger charge is -2.35. The number of halogens is 1. The third-order valence-corrected chi connectivity index (χ3v) is 8.11. The van der Waals surface area contributed by atoms with E-state index in [4.69, 9.17) is 9.47 Å². The second kappa shape index (κ2) is 9.06. The van der Waals surface area contributed by atoms with E-state index >= 15 is 0 Å². The van der Waals surface area contributed by atoms with Crippen LogP contribution in [-0.2, 0) is 16.6 Å². The summed E-state index contributed by atoms with van der Waals surface area (Å²) in [7, 11) is -3.67. The van der Waals surface area contributed by atoms with Gasteiger partial charge < -0.3 is 24.5 Å². The third-order valence-electron chi connectivity index (χ3n) is 6.19. The van der Waals surface area contributed by atoms with E-state index in [0.717, 1.165) is 17.8 Å². The zero-order valence-corrected chi connectivity index (χ0v) is 20.2. The van der Waals surface area contributed by atoms with Crippen LogP contribution in [0.1, 0.15) is 6.92 Å². The van der Waals surface area contributed by atoms with E-state index in [-0.39, 0.29) is 23.3 Å². The summed E-state index contributed by atoms with van der Waals surface area (Å²) in [5.41, 5.74) is 0.236. The Balaban J connectivity index is 1.14. The van der Waals surface area contributed by atoms with Crippen LogP contribution in [0, 0.1) is 15.9 Å². The van der Waals surface area contributed by atoms with Crippen molar-refractivity contribution in [3.05, 3.63) is 70.7 Å². The maximum atomic E-state index is 13.2. The van der Waals surface area contributed by atoms with Crippen LogP contribution in [0.2, 0.25) is 0 Å². The molecule has 3 heterocycles. The molecule has 0 unspecified atom stereocenters. The molecule has 13 heteroatoms. The molecule has 5 rings (SSSR count). The first-order chi connectivity index (χ1) is 17.1. The van der Waals surface area contributed by atoms with Crippen LogP contribution in [0.25, 0.3) is 0 Å². The molecule has 0 N–H and O–H groups in total. The summed E-state index contributed by atoms with van der Waals surface area (Å²) in [6, 6.07) is 12.5. The van der Waals surface area contributed by atoms with Gasteiger partial charge in [-0.2, -0.15) is 4.31 Å². The van der Waals surface area contributed by atoms with Crippen LogP contribution in [-0.4, -0.2) is 65.6 Å². The molecule has 3 aromatic rings. The van der Waals surface area contributed by atoms with Crippen molar-refractivity contribution >= 4 is 21.5 Å². The number of benzene rings is 2. The number of nitrogens with zero attached hydrogens (tertiary/aromatic N) is 5. The Morgan fingerprint density at radius 3 is 2.39 bits per heavy atom. The van der Waals surface area contributed by atoms with E-state index < -0.39 is 26.4 Å². The van der Waals surface area contributed by atoms with E-state index in [9.17, 15) is 22.9 Å². The van der Waals surface area contributed by atoms with Crippen LogP contribution in [0.3, 0.4) is 0 Å². The molecule has 0 spiro atoms. The smallest absolute Gasteiger partial charge is 0.415 e. The molecule has 11 nitrogen and oxygen atoms in total. The normalized spacial score (nSPS) is 20.1. The van der Waals surface area contributed by atoms with Crippen molar-refractivity contribution < 1.29 is 27.2 Å². The first kappa shape index (κ1) is 24.0. The van der Waals surface area contributed by atoms with Crippen molar-refractivity contribution in [1.82, 2.24) is 13.9 Å². The van der Waals surface area contributed by atoms with Crippen molar-refractivity contribution in [3.8, 4) is 11.8 Å². The number of piperazine rings is 1. The van der Waals surface area contributed by atoms with E-state index in [1.807, 2.05) is 31.2 Å². The molecule has 36 heavy (non-hydrogen) atoms. The largest absolute Gasteiger partial charge is 0.489 e. The highest BCUT2D eigenvalue weighted by atomic mass is 32.2. The molecule has 0 bridgehead atoms. The quantitative estimate of drug-likeness (QED) is 0.347. The zero-order chi connectivity index (χ0) is 25.5. The highest BCUT2D eigenvalue weighted by Gasteiger charge is 2.41. The second-order valence-corrected chi connectivity index (χ2v) is 10.9. The molecule has 0 aliphatic carbocycles. The molecule has 0 amide bonds. The maximum absolute atomic E-state index is 13.2. The van der Waals surface area contributed by atoms with Gasteiger partial charge in [-0.3, -0.25) is 4.57 Å². The lowest BCUT2D eigenvalue weighted by atomic mass is 10.1. The highest BCUT2D eigenvalue weighted by Crippen LogP contribution is 2.32. The predicted octanol–water partition coefficient (Wildman–Crippen LogP) is 2.67. The fraction of sp³-hybridized carbons (Fsp3) is 0.348. The molecule has 2 aromatic carbocycles. The van der Waals surface area contributed by atoms with Gasteiger partial charge in [-0.15, -0.1) is 0 Å². The van der Waals surface area contributed by atoms with Gasteiger partial charge >= 0.3 is 11.8 Å².